The lowest BCUT2D eigenvalue weighted by molar-refractivity contribution is -0.124. The molecule has 1 aromatic carbocycles. The van der Waals surface area contributed by atoms with Gasteiger partial charge in [-0.15, -0.1) is 0 Å². The molecule has 0 spiro atoms. The van der Waals surface area contributed by atoms with Crippen molar-refractivity contribution >= 4 is 17.5 Å². The lowest BCUT2D eigenvalue weighted by atomic mass is 10.2. The number of hydrogen-bond acceptors (Lipinski definition) is 3. The van der Waals surface area contributed by atoms with Gasteiger partial charge in [0.2, 0.25) is 5.91 Å². The van der Waals surface area contributed by atoms with Gasteiger partial charge in [-0.1, -0.05) is 18.7 Å². The summed E-state index contributed by atoms with van der Waals surface area (Å²) in [5.74, 6) is -0.110. The molecular weight excluding hydrogens is 220 g/mol. The average Bonchev–Trinajstić information content (AvgIpc) is 2.49. The standard InChI is InChI=1S/C12H12N2O3/c1-2-11(15)13-9-7-17-10-6-4-3-5-8(10)14-12(9)16/h2-6,9H,1,7H2,(H,13,15)(H,14,16)/t9-/m1/s1. The van der Waals surface area contributed by atoms with Crippen LogP contribution in [0.25, 0.3) is 0 Å². The molecule has 1 aromatic rings. The van der Waals surface area contributed by atoms with Crippen molar-refractivity contribution < 1.29 is 14.3 Å². The number of carbonyl (C=O) groups excluding carboxylic acids is 2. The van der Waals surface area contributed by atoms with Crippen molar-refractivity contribution in [1.29, 1.82) is 0 Å². The zero-order chi connectivity index (χ0) is 12.3. The second kappa shape index (κ2) is 4.69. The highest BCUT2D eigenvalue weighted by Crippen LogP contribution is 2.25. The van der Waals surface area contributed by atoms with Gasteiger partial charge in [-0.05, 0) is 18.2 Å². The van der Waals surface area contributed by atoms with Gasteiger partial charge in [0.1, 0.15) is 18.4 Å². The Hall–Kier alpha value is -2.30. The van der Waals surface area contributed by atoms with E-state index in [-0.39, 0.29) is 12.5 Å². The molecule has 0 aliphatic carbocycles. The minimum Gasteiger partial charge on any atom is -0.489 e. The van der Waals surface area contributed by atoms with Crippen LogP contribution in [0.2, 0.25) is 0 Å². The van der Waals surface area contributed by atoms with Gasteiger partial charge < -0.3 is 15.4 Å². The Morgan fingerprint density at radius 2 is 2.29 bits per heavy atom. The summed E-state index contributed by atoms with van der Waals surface area (Å²) in [4.78, 5) is 22.9. The van der Waals surface area contributed by atoms with E-state index >= 15 is 0 Å². The van der Waals surface area contributed by atoms with Gasteiger partial charge >= 0.3 is 0 Å². The van der Waals surface area contributed by atoms with Crippen molar-refractivity contribution in [2.24, 2.45) is 0 Å². The third-order valence-electron chi connectivity index (χ3n) is 2.37. The SMILES string of the molecule is C=CC(=O)N[C@@H]1COc2ccccc2NC1=O. The number of anilines is 1. The predicted molar refractivity (Wildman–Crippen MR) is 62.7 cm³/mol. The first-order valence-corrected chi connectivity index (χ1v) is 5.16. The van der Waals surface area contributed by atoms with E-state index in [4.69, 9.17) is 4.74 Å². The molecule has 1 aliphatic heterocycles. The maximum absolute atomic E-state index is 11.8. The summed E-state index contributed by atoms with van der Waals surface area (Å²) in [5, 5.41) is 5.19. The Kier molecular flexibility index (Phi) is 3.09. The molecule has 17 heavy (non-hydrogen) atoms. The number of rotatable bonds is 2. The second-order valence-corrected chi connectivity index (χ2v) is 3.56. The maximum Gasteiger partial charge on any atom is 0.250 e. The summed E-state index contributed by atoms with van der Waals surface area (Å²) in [7, 11) is 0. The third kappa shape index (κ3) is 2.44. The smallest absolute Gasteiger partial charge is 0.250 e. The van der Waals surface area contributed by atoms with Crippen molar-refractivity contribution in [2.75, 3.05) is 11.9 Å². The van der Waals surface area contributed by atoms with Gasteiger partial charge in [0.15, 0.2) is 0 Å². The highest BCUT2D eigenvalue weighted by Gasteiger charge is 2.25. The molecular formula is C12H12N2O3. The van der Waals surface area contributed by atoms with Crippen molar-refractivity contribution in [1.82, 2.24) is 5.32 Å². The molecule has 1 atom stereocenters. The molecule has 0 radical (unpaired) electrons. The molecule has 1 aliphatic rings. The van der Waals surface area contributed by atoms with Crippen LogP contribution < -0.4 is 15.4 Å². The molecule has 1 heterocycles. The van der Waals surface area contributed by atoms with Crippen LogP contribution in [0.4, 0.5) is 5.69 Å². The highest BCUT2D eigenvalue weighted by atomic mass is 16.5. The Balaban J connectivity index is 2.15. The van der Waals surface area contributed by atoms with E-state index in [1.165, 1.54) is 0 Å². The first kappa shape index (κ1) is 11.2. The molecule has 0 fully saturated rings. The Labute approximate surface area is 98.5 Å². The molecule has 0 aromatic heterocycles. The van der Waals surface area contributed by atoms with Crippen LogP contribution in [0.1, 0.15) is 0 Å². The average molecular weight is 232 g/mol. The monoisotopic (exact) mass is 232 g/mol. The summed E-state index contributed by atoms with van der Waals surface area (Å²) in [6.45, 7) is 3.43. The fourth-order valence-electron chi connectivity index (χ4n) is 1.50. The van der Waals surface area contributed by atoms with Crippen LogP contribution in [0.5, 0.6) is 5.75 Å². The van der Waals surface area contributed by atoms with Crippen LogP contribution >= 0.6 is 0 Å². The number of nitrogens with one attached hydrogen (secondary N) is 2. The molecule has 0 saturated carbocycles. The van der Waals surface area contributed by atoms with Gasteiger partial charge in [-0.3, -0.25) is 9.59 Å². The molecule has 2 amide bonds. The first-order valence-electron chi connectivity index (χ1n) is 5.16. The Morgan fingerprint density at radius 3 is 3.06 bits per heavy atom. The van der Waals surface area contributed by atoms with Crippen molar-refractivity contribution in [3.05, 3.63) is 36.9 Å². The molecule has 2 N–H and O–H groups in total. The van der Waals surface area contributed by atoms with E-state index in [0.29, 0.717) is 11.4 Å². The second-order valence-electron chi connectivity index (χ2n) is 3.56. The van der Waals surface area contributed by atoms with E-state index in [1.54, 1.807) is 18.2 Å². The van der Waals surface area contributed by atoms with Gasteiger partial charge in [-0.2, -0.15) is 0 Å². The largest absolute Gasteiger partial charge is 0.489 e. The van der Waals surface area contributed by atoms with Gasteiger partial charge in [0.05, 0.1) is 5.69 Å². The molecule has 2 rings (SSSR count). The van der Waals surface area contributed by atoms with Crippen molar-refractivity contribution in [2.45, 2.75) is 6.04 Å². The number of benzene rings is 1. The third-order valence-corrected chi connectivity index (χ3v) is 2.37. The van der Waals surface area contributed by atoms with Crippen molar-refractivity contribution in [3.63, 3.8) is 0 Å². The van der Waals surface area contributed by atoms with E-state index in [1.807, 2.05) is 6.07 Å². The normalized spacial score (nSPS) is 18.1. The number of amides is 2. The van der Waals surface area contributed by atoms with Gasteiger partial charge in [0.25, 0.3) is 5.91 Å². The number of fused-ring (bicyclic) bond motifs is 1. The fourth-order valence-corrected chi connectivity index (χ4v) is 1.50. The highest BCUT2D eigenvalue weighted by molar-refractivity contribution is 6.00. The summed E-state index contributed by atoms with van der Waals surface area (Å²) < 4.78 is 5.44. The zero-order valence-corrected chi connectivity index (χ0v) is 9.10. The Bertz CT molecular complexity index is 471. The zero-order valence-electron chi connectivity index (χ0n) is 9.10. The number of ether oxygens (including phenoxy) is 1. The molecule has 5 heteroatoms. The summed E-state index contributed by atoms with van der Waals surface area (Å²) in [5.41, 5.74) is 0.604. The lowest BCUT2D eigenvalue weighted by Crippen LogP contribution is -2.45. The molecule has 0 bridgehead atoms. The van der Waals surface area contributed by atoms with Gasteiger partial charge in [0, 0.05) is 0 Å². The quantitative estimate of drug-likeness (QED) is 0.737. The molecule has 88 valence electrons. The van der Waals surface area contributed by atoms with Gasteiger partial charge in [-0.25, -0.2) is 0 Å². The summed E-state index contributed by atoms with van der Waals surface area (Å²) in [6.07, 6.45) is 1.12. The summed E-state index contributed by atoms with van der Waals surface area (Å²) in [6, 6.07) is 6.39. The number of para-hydroxylation sites is 2. The lowest BCUT2D eigenvalue weighted by Gasteiger charge is -2.12. The maximum atomic E-state index is 11.8. The number of carbonyl (C=O) groups is 2. The fraction of sp³-hybridized carbons (Fsp3) is 0.167. The van der Waals surface area contributed by atoms with E-state index < -0.39 is 11.9 Å². The Morgan fingerprint density at radius 1 is 1.53 bits per heavy atom. The predicted octanol–water partition coefficient (Wildman–Crippen LogP) is 0.688. The van der Waals surface area contributed by atoms with E-state index in [2.05, 4.69) is 17.2 Å². The molecule has 0 unspecified atom stereocenters. The van der Waals surface area contributed by atoms with Crippen LogP contribution in [-0.4, -0.2) is 24.5 Å². The van der Waals surface area contributed by atoms with Crippen LogP contribution in [0.3, 0.4) is 0 Å². The van der Waals surface area contributed by atoms with E-state index in [0.717, 1.165) is 6.08 Å². The van der Waals surface area contributed by atoms with Crippen LogP contribution in [-0.2, 0) is 9.59 Å². The minimum atomic E-state index is -0.715. The molecule has 0 saturated heterocycles. The van der Waals surface area contributed by atoms with Crippen LogP contribution in [0.15, 0.2) is 36.9 Å². The summed E-state index contributed by atoms with van der Waals surface area (Å²) >= 11 is 0. The molecule has 5 nitrogen and oxygen atoms in total. The number of hydrogen-bond donors (Lipinski definition) is 2. The first-order chi connectivity index (χ1) is 8.20. The van der Waals surface area contributed by atoms with E-state index in [9.17, 15) is 9.59 Å². The van der Waals surface area contributed by atoms with Crippen molar-refractivity contribution in [3.8, 4) is 5.75 Å². The van der Waals surface area contributed by atoms with Crippen LogP contribution in [0, 0.1) is 0 Å². The minimum absolute atomic E-state index is 0.0996. The topological polar surface area (TPSA) is 67.4 Å².